The van der Waals surface area contributed by atoms with Crippen LogP contribution < -0.4 is 10.6 Å². The van der Waals surface area contributed by atoms with Crippen molar-refractivity contribution in [2.24, 2.45) is 0 Å². The summed E-state index contributed by atoms with van der Waals surface area (Å²) in [6, 6.07) is 0. The first-order chi connectivity index (χ1) is 8.91. The molecule has 4 nitrogen and oxygen atoms in total. The second-order valence-electron chi connectivity index (χ2n) is 5.62. The lowest BCUT2D eigenvalue weighted by Gasteiger charge is -2.21. The van der Waals surface area contributed by atoms with Crippen molar-refractivity contribution in [1.82, 2.24) is 4.90 Å². The maximum Gasteiger partial charge on any atom is 0.171 e. The molecule has 1 aromatic heterocycles. The van der Waals surface area contributed by atoms with Crippen molar-refractivity contribution in [2.75, 3.05) is 44.9 Å². The van der Waals surface area contributed by atoms with Gasteiger partial charge in [0.15, 0.2) is 5.78 Å². The Balaban J connectivity index is 2.27. The minimum Gasteiger partial charge on any atom is -0.397 e. The van der Waals surface area contributed by atoms with Crippen LogP contribution in [-0.2, 0) is 0 Å². The van der Waals surface area contributed by atoms with E-state index >= 15 is 0 Å². The van der Waals surface area contributed by atoms with E-state index in [2.05, 4.69) is 30.9 Å². The van der Waals surface area contributed by atoms with E-state index in [0.29, 0.717) is 5.92 Å². The number of Topliss-reactive ketones (excluding diaryl/α,β-unsaturated/α-hetero) is 1. The minimum absolute atomic E-state index is 0.0802. The highest BCUT2D eigenvalue weighted by atomic mass is 32.1. The number of rotatable bonds is 6. The van der Waals surface area contributed by atoms with Crippen LogP contribution in [0.3, 0.4) is 0 Å². The molecule has 0 atom stereocenters. The summed E-state index contributed by atoms with van der Waals surface area (Å²) in [6.07, 6.45) is 2.40. The SMILES string of the molecule is CC(=O)c1sc(N(C)CCN(C)C)c(C2CC2)c1N. The van der Waals surface area contributed by atoms with E-state index in [1.54, 1.807) is 18.3 Å². The molecule has 0 amide bonds. The molecule has 0 spiro atoms. The predicted molar refractivity (Wildman–Crippen MR) is 82.5 cm³/mol. The Morgan fingerprint density at radius 3 is 2.42 bits per heavy atom. The third-order valence-corrected chi connectivity index (χ3v) is 4.94. The van der Waals surface area contributed by atoms with Crippen LogP contribution in [0.5, 0.6) is 0 Å². The molecule has 0 unspecified atom stereocenters. The lowest BCUT2D eigenvalue weighted by molar-refractivity contribution is 0.102. The van der Waals surface area contributed by atoms with Gasteiger partial charge in [0, 0.05) is 32.6 Å². The zero-order valence-corrected chi connectivity index (χ0v) is 13.0. The van der Waals surface area contributed by atoms with Crippen molar-refractivity contribution in [3.63, 3.8) is 0 Å². The van der Waals surface area contributed by atoms with Gasteiger partial charge < -0.3 is 15.5 Å². The first-order valence-electron chi connectivity index (χ1n) is 6.70. The third kappa shape index (κ3) is 3.09. The van der Waals surface area contributed by atoms with Crippen molar-refractivity contribution < 1.29 is 4.79 Å². The minimum atomic E-state index is 0.0802. The van der Waals surface area contributed by atoms with E-state index in [0.717, 1.165) is 23.7 Å². The Bertz CT molecular complexity index is 477. The molecule has 0 saturated heterocycles. The molecule has 0 bridgehead atoms. The Hall–Kier alpha value is -1.07. The third-order valence-electron chi connectivity index (χ3n) is 3.50. The number of anilines is 2. The average Bonchev–Trinajstić information content (AvgIpc) is 3.09. The normalized spacial score (nSPS) is 15.0. The van der Waals surface area contributed by atoms with Crippen LogP contribution in [0.25, 0.3) is 0 Å². The zero-order valence-electron chi connectivity index (χ0n) is 12.2. The number of ketones is 1. The maximum absolute atomic E-state index is 11.7. The largest absolute Gasteiger partial charge is 0.397 e. The van der Waals surface area contributed by atoms with Crippen LogP contribution in [-0.4, -0.2) is 44.9 Å². The van der Waals surface area contributed by atoms with E-state index in [1.807, 2.05) is 0 Å². The molecule has 2 N–H and O–H groups in total. The quantitative estimate of drug-likeness (QED) is 0.814. The highest BCUT2D eigenvalue weighted by Crippen LogP contribution is 2.51. The molecule has 0 radical (unpaired) electrons. The van der Waals surface area contributed by atoms with Gasteiger partial charge in [-0.05, 0) is 32.9 Å². The molecule has 2 rings (SSSR count). The molecule has 19 heavy (non-hydrogen) atoms. The van der Waals surface area contributed by atoms with Gasteiger partial charge in [0.2, 0.25) is 0 Å². The second-order valence-corrected chi connectivity index (χ2v) is 6.62. The number of thiophene rings is 1. The molecule has 0 aliphatic heterocycles. The lowest BCUT2D eigenvalue weighted by atomic mass is 10.1. The van der Waals surface area contributed by atoms with Crippen LogP contribution in [0.1, 0.15) is 40.9 Å². The van der Waals surface area contributed by atoms with Gasteiger partial charge in [0.25, 0.3) is 0 Å². The van der Waals surface area contributed by atoms with Crippen molar-refractivity contribution in [2.45, 2.75) is 25.7 Å². The van der Waals surface area contributed by atoms with Crippen molar-refractivity contribution in [1.29, 1.82) is 0 Å². The van der Waals surface area contributed by atoms with Gasteiger partial charge >= 0.3 is 0 Å². The molecule has 1 heterocycles. The summed E-state index contributed by atoms with van der Waals surface area (Å²) in [5, 5.41) is 1.19. The van der Waals surface area contributed by atoms with Crippen LogP contribution in [0.4, 0.5) is 10.7 Å². The number of likely N-dealkylation sites (N-methyl/N-ethyl adjacent to an activating group) is 2. The molecule has 0 aromatic carbocycles. The Morgan fingerprint density at radius 2 is 1.95 bits per heavy atom. The van der Waals surface area contributed by atoms with Crippen molar-refractivity contribution in [3.05, 3.63) is 10.4 Å². The lowest BCUT2D eigenvalue weighted by Crippen LogP contribution is -2.28. The van der Waals surface area contributed by atoms with E-state index in [4.69, 9.17) is 5.73 Å². The fraction of sp³-hybridized carbons (Fsp3) is 0.643. The Labute approximate surface area is 119 Å². The van der Waals surface area contributed by atoms with Gasteiger partial charge in [-0.3, -0.25) is 4.79 Å². The second kappa shape index (κ2) is 5.51. The number of hydrogen-bond acceptors (Lipinski definition) is 5. The topological polar surface area (TPSA) is 49.6 Å². The van der Waals surface area contributed by atoms with Gasteiger partial charge in [0.1, 0.15) is 0 Å². The number of nitrogens with two attached hydrogens (primary N) is 1. The number of hydrogen-bond donors (Lipinski definition) is 1. The van der Waals surface area contributed by atoms with E-state index in [1.165, 1.54) is 23.4 Å². The first-order valence-corrected chi connectivity index (χ1v) is 7.52. The van der Waals surface area contributed by atoms with Gasteiger partial charge in [-0.15, -0.1) is 11.3 Å². The molecule has 1 aromatic rings. The van der Waals surface area contributed by atoms with Gasteiger partial charge in [-0.1, -0.05) is 0 Å². The van der Waals surface area contributed by atoms with E-state index in [-0.39, 0.29) is 5.78 Å². The average molecular weight is 281 g/mol. The van der Waals surface area contributed by atoms with E-state index in [9.17, 15) is 4.79 Å². The molecule has 1 aliphatic carbocycles. The Morgan fingerprint density at radius 1 is 1.32 bits per heavy atom. The summed E-state index contributed by atoms with van der Waals surface area (Å²) in [5.41, 5.74) is 8.14. The van der Waals surface area contributed by atoms with Crippen molar-refractivity contribution in [3.8, 4) is 0 Å². The number of nitrogen functional groups attached to an aromatic ring is 1. The van der Waals surface area contributed by atoms with Gasteiger partial charge in [-0.25, -0.2) is 0 Å². The van der Waals surface area contributed by atoms with Crippen molar-refractivity contribution >= 4 is 27.8 Å². The fourth-order valence-corrected chi connectivity index (χ4v) is 3.40. The van der Waals surface area contributed by atoms with Gasteiger partial charge in [-0.2, -0.15) is 0 Å². The molecular formula is C14H23N3OS. The molecule has 1 saturated carbocycles. The standard InChI is InChI=1S/C14H23N3OS/c1-9(18)13-12(15)11(10-5-6-10)14(19-13)17(4)8-7-16(2)3/h10H,5-8,15H2,1-4H3. The number of carbonyl (C=O) groups excluding carboxylic acids is 1. The van der Waals surface area contributed by atoms with Crippen LogP contribution in [0.15, 0.2) is 0 Å². The fourth-order valence-electron chi connectivity index (χ4n) is 2.21. The summed E-state index contributed by atoms with van der Waals surface area (Å²) >= 11 is 1.56. The number of carbonyl (C=O) groups is 1. The predicted octanol–water partition coefficient (Wildman–Crippen LogP) is 2.41. The summed E-state index contributed by atoms with van der Waals surface area (Å²) in [4.78, 5) is 16.8. The molecular weight excluding hydrogens is 258 g/mol. The first kappa shape index (κ1) is 14.3. The molecule has 5 heteroatoms. The summed E-state index contributed by atoms with van der Waals surface area (Å²) < 4.78 is 0. The summed E-state index contributed by atoms with van der Waals surface area (Å²) in [7, 11) is 6.23. The number of nitrogens with zero attached hydrogens (tertiary/aromatic N) is 2. The molecule has 1 aliphatic rings. The molecule has 106 valence electrons. The highest BCUT2D eigenvalue weighted by Gasteiger charge is 2.33. The Kier molecular flexibility index (Phi) is 4.16. The van der Waals surface area contributed by atoms with Gasteiger partial charge in [0.05, 0.1) is 15.6 Å². The smallest absolute Gasteiger partial charge is 0.171 e. The summed E-state index contributed by atoms with van der Waals surface area (Å²) in [6.45, 7) is 3.54. The molecule has 1 fully saturated rings. The highest BCUT2D eigenvalue weighted by molar-refractivity contribution is 7.18. The van der Waals surface area contributed by atoms with Crippen LogP contribution in [0, 0.1) is 0 Å². The zero-order chi connectivity index (χ0) is 14.2. The monoisotopic (exact) mass is 281 g/mol. The summed E-state index contributed by atoms with van der Waals surface area (Å²) in [5.74, 6) is 0.651. The van der Waals surface area contributed by atoms with E-state index < -0.39 is 0 Å². The van der Waals surface area contributed by atoms with Crippen LogP contribution in [0.2, 0.25) is 0 Å². The van der Waals surface area contributed by atoms with Crippen LogP contribution >= 0.6 is 11.3 Å². The maximum atomic E-state index is 11.7.